The molecule has 2 aliphatic rings. The summed E-state index contributed by atoms with van der Waals surface area (Å²) in [5, 5.41) is 1.34. The van der Waals surface area contributed by atoms with Crippen molar-refractivity contribution in [3.63, 3.8) is 0 Å². The first-order chi connectivity index (χ1) is 17.4. The first kappa shape index (κ1) is 25.0. The second-order valence-corrected chi connectivity index (χ2v) is 11.2. The van der Waals surface area contributed by atoms with E-state index < -0.39 is 0 Å². The fourth-order valence-electron chi connectivity index (χ4n) is 6.58. The van der Waals surface area contributed by atoms with Gasteiger partial charge in [0.25, 0.3) is 0 Å². The van der Waals surface area contributed by atoms with E-state index in [2.05, 4.69) is 66.7 Å². The molecule has 5 rings (SSSR count). The van der Waals surface area contributed by atoms with Crippen molar-refractivity contribution < 1.29 is 9.47 Å². The number of aromatic nitrogens is 1. The predicted molar refractivity (Wildman–Crippen MR) is 151 cm³/mol. The van der Waals surface area contributed by atoms with Gasteiger partial charge in [-0.3, -0.25) is 0 Å². The Labute approximate surface area is 216 Å². The van der Waals surface area contributed by atoms with E-state index >= 15 is 0 Å². The van der Waals surface area contributed by atoms with Gasteiger partial charge in [-0.1, -0.05) is 6.92 Å². The van der Waals surface area contributed by atoms with Crippen LogP contribution in [0.5, 0.6) is 11.5 Å². The minimum Gasteiger partial charge on any atom is -0.493 e. The third kappa shape index (κ3) is 4.47. The van der Waals surface area contributed by atoms with E-state index in [1.165, 1.54) is 85.3 Å². The predicted octanol–water partition coefficient (Wildman–Crippen LogP) is 6.81. The summed E-state index contributed by atoms with van der Waals surface area (Å²) >= 11 is 0. The third-order valence-electron chi connectivity index (χ3n) is 9.00. The van der Waals surface area contributed by atoms with Crippen molar-refractivity contribution in [2.75, 3.05) is 45.3 Å². The molecular weight excluding hydrogens is 446 g/mol. The molecule has 0 unspecified atom stereocenters. The molecule has 5 nitrogen and oxygen atoms in total. The molecule has 2 fully saturated rings. The van der Waals surface area contributed by atoms with Crippen molar-refractivity contribution in [2.45, 2.75) is 65.8 Å². The molecule has 0 radical (unpaired) electrons. The maximum Gasteiger partial charge on any atom is 0.161 e. The van der Waals surface area contributed by atoms with E-state index in [1.54, 1.807) is 14.2 Å². The fraction of sp³-hybridized carbons (Fsp3) is 0.548. The molecule has 0 aliphatic carbocycles. The smallest absolute Gasteiger partial charge is 0.161 e. The zero-order valence-corrected chi connectivity index (χ0v) is 23.0. The van der Waals surface area contributed by atoms with E-state index in [-0.39, 0.29) is 0 Å². The van der Waals surface area contributed by atoms with Gasteiger partial charge in [0.05, 0.1) is 14.2 Å². The van der Waals surface area contributed by atoms with Crippen molar-refractivity contribution in [1.29, 1.82) is 0 Å². The molecule has 3 heterocycles. The molecule has 36 heavy (non-hydrogen) atoms. The number of benzene rings is 2. The van der Waals surface area contributed by atoms with Crippen LogP contribution in [-0.4, -0.2) is 56.3 Å². The molecule has 2 saturated heterocycles. The van der Waals surface area contributed by atoms with Gasteiger partial charge in [-0.25, -0.2) is 0 Å². The van der Waals surface area contributed by atoms with E-state index in [1.807, 2.05) is 6.07 Å². The zero-order chi connectivity index (χ0) is 25.4. The summed E-state index contributed by atoms with van der Waals surface area (Å²) in [5.41, 5.74) is 8.22. The number of anilines is 1. The highest BCUT2D eigenvalue weighted by Gasteiger charge is 2.38. The van der Waals surface area contributed by atoms with Crippen LogP contribution in [0.3, 0.4) is 0 Å². The van der Waals surface area contributed by atoms with Crippen LogP contribution in [-0.2, 0) is 6.42 Å². The van der Waals surface area contributed by atoms with E-state index in [4.69, 9.17) is 9.47 Å². The van der Waals surface area contributed by atoms with Crippen molar-refractivity contribution in [1.82, 2.24) is 9.88 Å². The SMILES string of the molecule is CCc1c(-c2ccc(OC)c(OC)c2)[nH]c2cc(C)c(N3CCC4(CC3)CCN(C(C)C)CC4)cc12. The number of piperidine rings is 2. The molecule has 1 spiro atoms. The Morgan fingerprint density at radius 2 is 1.58 bits per heavy atom. The maximum absolute atomic E-state index is 5.58. The summed E-state index contributed by atoms with van der Waals surface area (Å²) in [6, 6.07) is 11.7. The third-order valence-corrected chi connectivity index (χ3v) is 9.00. The molecule has 0 saturated carbocycles. The fourth-order valence-corrected chi connectivity index (χ4v) is 6.58. The quantitative estimate of drug-likeness (QED) is 0.413. The summed E-state index contributed by atoms with van der Waals surface area (Å²) in [6.07, 6.45) is 6.34. The molecule has 5 heteroatoms. The number of ether oxygens (including phenoxy) is 2. The Balaban J connectivity index is 1.41. The van der Waals surface area contributed by atoms with Gasteiger partial charge >= 0.3 is 0 Å². The summed E-state index contributed by atoms with van der Waals surface area (Å²) in [6.45, 7) is 14.1. The molecule has 2 aliphatic heterocycles. The molecule has 3 aromatic rings. The molecule has 0 bridgehead atoms. The first-order valence-electron chi connectivity index (χ1n) is 13.7. The Bertz CT molecular complexity index is 1210. The minimum atomic E-state index is 0.559. The lowest BCUT2D eigenvalue weighted by Gasteiger charge is -2.48. The molecule has 1 aromatic heterocycles. The molecular formula is C31H43N3O2. The van der Waals surface area contributed by atoms with Crippen LogP contribution in [0.25, 0.3) is 22.2 Å². The lowest BCUT2D eigenvalue weighted by molar-refractivity contribution is 0.0632. The summed E-state index contributed by atoms with van der Waals surface area (Å²) in [5.74, 6) is 1.51. The summed E-state index contributed by atoms with van der Waals surface area (Å²) in [7, 11) is 3.37. The van der Waals surface area contributed by atoms with Crippen LogP contribution in [0.1, 0.15) is 57.6 Å². The van der Waals surface area contributed by atoms with Crippen molar-refractivity contribution in [2.24, 2.45) is 5.41 Å². The van der Waals surface area contributed by atoms with Crippen LogP contribution >= 0.6 is 0 Å². The van der Waals surface area contributed by atoms with Gasteiger partial charge in [-0.2, -0.15) is 0 Å². The Morgan fingerprint density at radius 3 is 2.19 bits per heavy atom. The van der Waals surface area contributed by atoms with Gasteiger partial charge in [-0.15, -0.1) is 0 Å². The molecule has 1 N–H and O–H groups in total. The van der Waals surface area contributed by atoms with Crippen molar-refractivity contribution in [3.8, 4) is 22.8 Å². The van der Waals surface area contributed by atoms with Crippen LogP contribution in [0, 0.1) is 12.3 Å². The van der Waals surface area contributed by atoms with E-state index in [0.29, 0.717) is 11.5 Å². The molecule has 0 atom stereocenters. The van der Waals surface area contributed by atoms with Crippen molar-refractivity contribution >= 4 is 16.6 Å². The van der Waals surface area contributed by atoms with Gasteiger partial charge in [0, 0.05) is 47.0 Å². The lowest BCUT2D eigenvalue weighted by Crippen LogP contribution is -2.48. The molecule has 194 valence electrons. The number of hydrogen-bond acceptors (Lipinski definition) is 4. The van der Waals surface area contributed by atoms with Crippen LogP contribution in [0.4, 0.5) is 5.69 Å². The number of nitrogens with one attached hydrogen (secondary N) is 1. The standard InChI is InChI=1S/C31H43N3O2/c1-7-24-25-20-27(34-16-12-31(13-17-34)10-14-33(15-11-31)21(2)3)22(4)18-26(25)32-30(24)23-8-9-28(35-5)29(19-23)36-6/h8-9,18-21,32H,7,10-17H2,1-6H3. The number of aryl methyl sites for hydroxylation is 2. The van der Waals surface area contributed by atoms with Gasteiger partial charge in [0.2, 0.25) is 0 Å². The lowest BCUT2D eigenvalue weighted by atomic mass is 9.71. The van der Waals surface area contributed by atoms with Crippen LogP contribution < -0.4 is 14.4 Å². The Hall–Kier alpha value is -2.66. The van der Waals surface area contributed by atoms with Crippen LogP contribution in [0.2, 0.25) is 0 Å². The van der Waals surface area contributed by atoms with Crippen LogP contribution in [0.15, 0.2) is 30.3 Å². The number of methoxy groups -OCH3 is 2. The molecule has 2 aromatic carbocycles. The number of fused-ring (bicyclic) bond motifs is 1. The van der Waals surface area contributed by atoms with E-state index in [9.17, 15) is 0 Å². The van der Waals surface area contributed by atoms with Gasteiger partial charge in [0.1, 0.15) is 0 Å². The average Bonchev–Trinajstić information content (AvgIpc) is 3.25. The second kappa shape index (κ2) is 10.0. The normalized spacial score (nSPS) is 18.4. The summed E-state index contributed by atoms with van der Waals surface area (Å²) in [4.78, 5) is 9.04. The topological polar surface area (TPSA) is 40.7 Å². The first-order valence-corrected chi connectivity index (χ1v) is 13.7. The highest BCUT2D eigenvalue weighted by Crippen LogP contribution is 2.44. The Morgan fingerprint density at radius 1 is 0.917 bits per heavy atom. The second-order valence-electron chi connectivity index (χ2n) is 11.2. The van der Waals surface area contributed by atoms with Gasteiger partial charge in [-0.05, 0) is 113 Å². The Kier molecular flexibility index (Phi) is 6.95. The van der Waals surface area contributed by atoms with Gasteiger partial charge < -0.3 is 24.3 Å². The number of aromatic amines is 1. The number of nitrogens with zero attached hydrogens (tertiary/aromatic N) is 2. The number of rotatable bonds is 6. The average molecular weight is 490 g/mol. The summed E-state index contributed by atoms with van der Waals surface area (Å²) < 4.78 is 11.0. The molecule has 0 amide bonds. The van der Waals surface area contributed by atoms with E-state index in [0.717, 1.165) is 23.5 Å². The highest BCUT2D eigenvalue weighted by molar-refractivity contribution is 5.94. The number of H-pyrrole nitrogens is 1. The highest BCUT2D eigenvalue weighted by atomic mass is 16.5. The largest absolute Gasteiger partial charge is 0.493 e. The number of hydrogen-bond donors (Lipinski definition) is 1. The monoisotopic (exact) mass is 489 g/mol. The minimum absolute atomic E-state index is 0.559. The van der Waals surface area contributed by atoms with Gasteiger partial charge in [0.15, 0.2) is 11.5 Å². The maximum atomic E-state index is 5.58. The zero-order valence-electron chi connectivity index (χ0n) is 23.0. The number of likely N-dealkylation sites (tertiary alicyclic amines) is 1. The van der Waals surface area contributed by atoms with Crippen molar-refractivity contribution in [3.05, 3.63) is 41.5 Å².